The second-order valence-electron chi connectivity index (χ2n) is 5.76. The maximum Gasteiger partial charge on any atom is 0.273 e. The lowest BCUT2D eigenvalue weighted by Crippen LogP contribution is -2.21. The van der Waals surface area contributed by atoms with E-state index in [1.54, 1.807) is 12.1 Å². The monoisotopic (exact) mass is 277 g/mol. The van der Waals surface area contributed by atoms with Crippen molar-refractivity contribution in [2.45, 2.75) is 27.2 Å². The number of rotatable bonds is 5. The number of nitro groups is 1. The van der Waals surface area contributed by atoms with Crippen LogP contribution in [-0.4, -0.2) is 24.6 Å². The molecule has 0 bridgehead atoms. The molecular weight excluding hydrogens is 254 g/mol. The molecule has 5 heteroatoms. The van der Waals surface area contributed by atoms with Gasteiger partial charge in [0.25, 0.3) is 5.69 Å². The summed E-state index contributed by atoms with van der Waals surface area (Å²) < 4.78 is 0. The van der Waals surface area contributed by atoms with E-state index in [-0.39, 0.29) is 10.6 Å². The zero-order valence-electron chi connectivity index (χ0n) is 12.4. The van der Waals surface area contributed by atoms with Crippen molar-refractivity contribution in [2.24, 2.45) is 11.8 Å². The molecule has 0 spiro atoms. The molecule has 110 valence electrons. The van der Waals surface area contributed by atoms with Gasteiger partial charge in [-0.05, 0) is 31.2 Å². The Morgan fingerprint density at radius 1 is 1.45 bits per heavy atom. The molecule has 0 aliphatic carbocycles. The summed E-state index contributed by atoms with van der Waals surface area (Å²) in [5.74, 6) is 1.34. The standard InChI is InChI=1S/C15H23N3O2/c1-4-16-13-7-14(9-15(8-13)18(19)20)17-6-5-12(10-17)11(2)3/h7-9,11-12,16H,4-6,10H2,1-3H3. The molecule has 1 aliphatic heterocycles. The van der Waals surface area contributed by atoms with Crippen molar-refractivity contribution in [3.8, 4) is 0 Å². The van der Waals surface area contributed by atoms with Gasteiger partial charge in [-0.25, -0.2) is 0 Å². The van der Waals surface area contributed by atoms with Crippen LogP contribution in [0.1, 0.15) is 27.2 Å². The molecule has 5 nitrogen and oxygen atoms in total. The highest BCUT2D eigenvalue weighted by atomic mass is 16.6. The average Bonchev–Trinajstić information content (AvgIpc) is 2.88. The van der Waals surface area contributed by atoms with Crippen LogP contribution in [0.15, 0.2) is 18.2 Å². The highest BCUT2D eigenvalue weighted by Crippen LogP contribution is 2.32. The minimum atomic E-state index is -0.319. The van der Waals surface area contributed by atoms with E-state index in [4.69, 9.17) is 0 Å². The molecule has 0 aromatic heterocycles. The van der Waals surface area contributed by atoms with Gasteiger partial charge < -0.3 is 10.2 Å². The van der Waals surface area contributed by atoms with E-state index in [2.05, 4.69) is 24.1 Å². The van der Waals surface area contributed by atoms with Gasteiger partial charge in [-0.2, -0.15) is 0 Å². The van der Waals surface area contributed by atoms with Crippen LogP contribution in [0.4, 0.5) is 17.1 Å². The SMILES string of the molecule is CCNc1cc(N2CCC(C(C)C)C2)cc([N+](=O)[O-])c1. The van der Waals surface area contributed by atoms with Crippen molar-refractivity contribution in [1.82, 2.24) is 0 Å². The quantitative estimate of drug-likeness (QED) is 0.661. The molecule has 2 rings (SSSR count). The van der Waals surface area contributed by atoms with Gasteiger partial charge in [-0.1, -0.05) is 13.8 Å². The molecule has 1 heterocycles. The molecule has 1 atom stereocenters. The van der Waals surface area contributed by atoms with Crippen molar-refractivity contribution in [1.29, 1.82) is 0 Å². The molecule has 1 aromatic rings. The summed E-state index contributed by atoms with van der Waals surface area (Å²) >= 11 is 0. The number of hydrogen-bond acceptors (Lipinski definition) is 4. The number of nitrogens with zero attached hydrogens (tertiary/aromatic N) is 2. The molecular formula is C15H23N3O2. The van der Waals surface area contributed by atoms with Gasteiger partial charge in [0.2, 0.25) is 0 Å². The van der Waals surface area contributed by atoms with E-state index in [1.807, 2.05) is 13.0 Å². The first-order chi connectivity index (χ1) is 9.51. The Kier molecular flexibility index (Phi) is 4.47. The summed E-state index contributed by atoms with van der Waals surface area (Å²) in [5, 5.41) is 14.2. The first-order valence-electron chi connectivity index (χ1n) is 7.29. The maximum absolute atomic E-state index is 11.1. The minimum absolute atomic E-state index is 0.159. The Hall–Kier alpha value is -1.78. The van der Waals surface area contributed by atoms with E-state index in [0.717, 1.165) is 37.4 Å². The molecule has 1 fully saturated rings. The zero-order valence-corrected chi connectivity index (χ0v) is 12.4. The van der Waals surface area contributed by atoms with Gasteiger partial charge >= 0.3 is 0 Å². The Morgan fingerprint density at radius 3 is 2.75 bits per heavy atom. The molecule has 1 aliphatic rings. The van der Waals surface area contributed by atoms with Gasteiger partial charge in [0.1, 0.15) is 0 Å². The Morgan fingerprint density at radius 2 is 2.20 bits per heavy atom. The number of anilines is 2. The van der Waals surface area contributed by atoms with Crippen molar-refractivity contribution in [3.63, 3.8) is 0 Å². The topological polar surface area (TPSA) is 58.4 Å². The maximum atomic E-state index is 11.1. The summed E-state index contributed by atoms with van der Waals surface area (Å²) in [6, 6.07) is 5.30. The van der Waals surface area contributed by atoms with Gasteiger partial charge in [-0.3, -0.25) is 10.1 Å². The van der Waals surface area contributed by atoms with Crippen LogP contribution in [0.5, 0.6) is 0 Å². The number of benzene rings is 1. The number of nitrogens with one attached hydrogen (secondary N) is 1. The van der Waals surface area contributed by atoms with E-state index >= 15 is 0 Å². The Bertz CT molecular complexity index is 488. The van der Waals surface area contributed by atoms with Crippen molar-refractivity contribution in [2.75, 3.05) is 29.9 Å². The predicted octanol–water partition coefficient (Wildman–Crippen LogP) is 3.51. The zero-order chi connectivity index (χ0) is 14.7. The van der Waals surface area contributed by atoms with Crippen molar-refractivity contribution in [3.05, 3.63) is 28.3 Å². The van der Waals surface area contributed by atoms with E-state index < -0.39 is 0 Å². The molecule has 1 aromatic carbocycles. The minimum Gasteiger partial charge on any atom is -0.385 e. The largest absolute Gasteiger partial charge is 0.385 e. The van der Waals surface area contributed by atoms with Gasteiger partial charge in [0.05, 0.1) is 4.92 Å². The van der Waals surface area contributed by atoms with Crippen LogP contribution in [0, 0.1) is 22.0 Å². The lowest BCUT2D eigenvalue weighted by molar-refractivity contribution is -0.384. The van der Waals surface area contributed by atoms with E-state index in [9.17, 15) is 10.1 Å². The molecule has 1 N–H and O–H groups in total. The molecule has 0 saturated carbocycles. The molecule has 0 radical (unpaired) electrons. The number of nitro benzene ring substituents is 1. The summed E-state index contributed by atoms with van der Waals surface area (Å²) in [4.78, 5) is 13.0. The highest BCUT2D eigenvalue weighted by Gasteiger charge is 2.26. The third-order valence-electron chi connectivity index (χ3n) is 4.03. The Labute approximate surface area is 120 Å². The first kappa shape index (κ1) is 14.6. The second kappa shape index (κ2) is 6.11. The molecule has 1 unspecified atom stereocenters. The first-order valence-corrected chi connectivity index (χ1v) is 7.29. The third kappa shape index (κ3) is 3.21. The van der Waals surface area contributed by atoms with Crippen LogP contribution < -0.4 is 10.2 Å². The van der Waals surface area contributed by atoms with Gasteiger partial charge in [0.15, 0.2) is 0 Å². The lowest BCUT2D eigenvalue weighted by Gasteiger charge is -2.20. The molecule has 1 saturated heterocycles. The summed E-state index contributed by atoms with van der Waals surface area (Å²) in [5.41, 5.74) is 1.94. The van der Waals surface area contributed by atoms with E-state index in [0.29, 0.717) is 11.8 Å². The highest BCUT2D eigenvalue weighted by molar-refractivity contribution is 5.64. The summed E-state index contributed by atoms with van der Waals surface area (Å²) in [6.07, 6.45) is 1.16. The van der Waals surface area contributed by atoms with Gasteiger partial charge in [0, 0.05) is 43.1 Å². The fourth-order valence-corrected chi connectivity index (χ4v) is 2.76. The summed E-state index contributed by atoms with van der Waals surface area (Å²) in [6.45, 7) is 9.20. The summed E-state index contributed by atoms with van der Waals surface area (Å²) in [7, 11) is 0. The smallest absolute Gasteiger partial charge is 0.273 e. The average molecular weight is 277 g/mol. The van der Waals surface area contributed by atoms with Crippen LogP contribution in [-0.2, 0) is 0 Å². The number of non-ortho nitro benzene ring substituents is 1. The van der Waals surface area contributed by atoms with Crippen LogP contribution in [0.25, 0.3) is 0 Å². The van der Waals surface area contributed by atoms with Gasteiger partial charge in [-0.15, -0.1) is 0 Å². The van der Waals surface area contributed by atoms with Crippen LogP contribution in [0.3, 0.4) is 0 Å². The fourth-order valence-electron chi connectivity index (χ4n) is 2.76. The normalized spacial score (nSPS) is 18.6. The third-order valence-corrected chi connectivity index (χ3v) is 4.03. The second-order valence-corrected chi connectivity index (χ2v) is 5.76. The Balaban J connectivity index is 2.24. The van der Waals surface area contributed by atoms with Crippen molar-refractivity contribution >= 4 is 17.1 Å². The molecule has 0 amide bonds. The van der Waals surface area contributed by atoms with Crippen LogP contribution in [0.2, 0.25) is 0 Å². The van der Waals surface area contributed by atoms with Crippen molar-refractivity contribution < 1.29 is 4.92 Å². The van der Waals surface area contributed by atoms with E-state index in [1.165, 1.54) is 0 Å². The molecule has 20 heavy (non-hydrogen) atoms. The number of hydrogen-bond donors (Lipinski definition) is 1. The van der Waals surface area contributed by atoms with Crippen LogP contribution >= 0.6 is 0 Å². The predicted molar refractivity (Wildman–Crippen MR) is 82.4 cm³/mol. The fraction of sp³-hybridized carbons (Fsp3) is 0.600. The lowest BCUT2D eigenvalue weighted by atomic mass is 9.95.